The highest BCUT2D eigenvalue weighted by atomic mass is 19.4. The first-order valence-corrected chi connectivity index (χ1v) is 13.5. The highest BCUT2D eigenvalue weighted by molar-refractivity contribution is 5.93. The molecule has 2 aromatic heterocycles. The van der Waals surface area contributed by atoms with E-state index < -0.39 is 24.0 Å². The zero-order valence-electron chi connectivity index (χ0n) is 24.1. The lowest BCUT2D eigenvalue weighted by molar-refractivity contribution is -0.192. The van der Waals surface area contributed by atoms with Crippen molar-refractivity contribution >= 4 is 28.2 Å². The number of halogens is 4. The molecule has 13 heteroatoms. The summed E-state index contributed by atoms with van der Waals surface area (Å²) in [6, 6.07) is 20.4. The Balaban J connectivity index is 0.000000566. The molecule has 0 saturated carbocycles. The average Bonchev–Trinajstić information content (AvgIpc) is 3.38. The first-order chi connectivity index (χ1) is 20.9. The molecule has 230 valence electrons. The third-order valence-electron chi connectivity index (χ3n) is 6.58. The van der Waals surface area contributed by atoms with E-state index in [0.29, 0.717) is 29.6 Å². The number of pyridine rings is 1. The number of aromatic nitrogens is 4. The van der Waals surface area contributed by atoms with Gasteiger partial charge in [-0.3, -0.25) is 4.68 Å². The molecule has 9 nitrogen and oxygen atoms in total. The fraction of sp³-hybridized carbons (Fsp3) is 0.226. The van der Waals surface area contributed by atoms with Crippen LogP contribution in [0.5, 0.6) is 5.75 Å². The fourth-order valence-corrected chi connectivity index (χ4v) is 4.45. The van der Waals surface area contributed by atoms with Crippen LogP contribution in [-0.2, 0) is 18.3 Å². The van der Waals surface area contributed by atoms with Gasteiger partial charge in [0, 0.05) is 35.4 Å². The summed E-state index contributed by atoms with van der Waals surface area (Å²) >= 11 is 0. The summed E-state index contributed by atoms with van der Waals surface area (Å²) in [7, 11) is 1.82. The Bertz CT molecular complexity index is 1760. The molecule has 0 bridgehead atoms. The predicted molar refractivity (Wildman–Crippen MR) is 159 cm³/mol. The molecular formula is C31H30F4N6O3. The molecule has 1 unspecified atom stereocenters. The Morgan fingerprint density at radius 2 is 1.80 bits per heavy atom. The van der Waals surface area contributed by atoms with E-state index in [4.69, 9.17) is 25.4 Å². The number of nitrogens with zero attached hydrogens (tertiary/aromatic N) is 4. The van der Waals surface area contributed by atoms with Crippen molar-refractivity contribution in [2.24, 2.45) is 7.05 Å². The van der Waals surface area contributed by atoms with Crippen LogP contribution in [0.3, 0.4) is 0 Å². The minimum absolute atomic E-state index is 0.228. The monoisotopic (exact) mass is 610 g/mol. The van der Waals surface area contributed by atoms with E-state index in [1.807, 2.05) is 81.6 Å². The molecule has 0 aliphatic heterocycles. The van der Waals surface area contributed by atoms with E-state index in [1.165, 1.54) is 0 Å². The number of hydrogen-bond acceptors (Lipinski definition) is 7. The van der Waals surface area contributed by atoms with E-state index in [0.717, 1.165) is 34.0 Å². The van der Waals surface area contributed by atoms with Crippen molar-refractivity contribution in [2.45, 2.75) is 32.5 Å². The maximum Gasteiger partial charge on any atom is 0.490 e. The number of rotatable bonds is 8. The van der Waals surface area contributed by atoms with E-state index >= 15 is 4.39 Å². The number of alkyl halides is 3. The van der Waals surface area contributed by atoms with Gasteiger partial charge in [-0.05, 0) is 54.6 Å². The minimum atomic E-state index is -5.08. The number of carboxylic acids is 1. The van der Waals surface area contributed by atoms with Gasteiger partial charge in [0.05, 0.1) is 6.61 Å². The number of aryl methyl sites for hydroxylation is 2. The molecule has 2 heterocycles. The number of carboxylic acid groups (broad SMARTS) is 1. The van der Waals surface area contributed by atoms with E-state index in [1.54, 1.807) is 16.9 Å². The van der Waals surface area contributed by atoms with Crippen LogP contribution in [0, 0.1) is 5.82 Å². The molecule has 0 amide bonds. The molecule has 44 heavy (non-hydrogen) atoms. The third kappa shape index (κ3) is 7.22. The summed E-state index contributed by atoms with van der Waals surface area (Å²) in [5.41, 5.74) is 9.12. The zero-order chi connectivity index (χ0) is 32.0. The van der Waals surface area contributed by atoms with Crippen molar-refractivity contribution in [2.75, 3.05) is 17.7 Å². The highest BCUT2D eigenvalue weighted by Crippen LogP contribution is 2.35. The van der Waals surface area contributed by atoms with Gasteiger partial charge < -0.3 is 20.9 Å². The molecule has 5 rings (SSSR count). The van der Waals surface area contributed by atoms with Crippen molar-refractivity contribution in [1.29, 1.82) is 0 Å². The number of nitrogens with two attached hydrogens (primary N) is 1. The second-order valence-electron chi connectivity index (χ2n) is 9.58. The Kier molecular flexibility index (Phi) is 9.67. The number of nitrogen functional groups attached to an aromatic ring is 1. The smallest absolute Gasteiger partial charge is 0.490 e. The largest absolute Gasteiger partial charge is 0.491 e. The fourth-order valence-electron chi connectivity index (χ4n) is 4.45. The van der Waals surface area contributed by atoms with Crippen LogP contribution in [-0.4, -0.2) is 43.6 Å². The van der Waals surface area contributed by atoms with Crippen molar-refractivity contribution < 1.29 is 32.2 Å². The topological polar surface area (TPSA) is 128 Å². The summed E-state index contributed by atoms with van der Waals surface area (Å²) in [5, 5.41) is 17.1. The van der Waals surface area contributed by atoms with E-state index in [9.17, 15) is 13.2 Å². The first-order valence-electron chi connectivity index (χ1n) is 13.5. The number of hydrogen-bond donors (Lipinski definition) is 3. The second-order valence-corrected chi connectivity index (χ2v) is 9.58. The van der Waals surface area contributed by atoms with E-state index in [2.05, 4.69) is 15.4 Å². The SMILES string of the molecule is CCOc1cc(CC)cc(C(Nc2ccc3c(N)nccc3c2)c2nc(-c3ccccc3)nn2C)c1F.O=C(O)C(F)(F)F. The van der Waals surface area contributed by atoms with Gasteiger partial charge in [-0.25, -0.2) is 19.2 Å². The van der Waals surface area contributed by atoms with Crippen molar-refractivity contribution in [3.63, 3.8) is 0 Å². The summed E-state index contributed by atoms with van der Waals surface area (Å²) in [4.78, 5) is 17.9. The lowest BCUT2D eigenvalue weighted by atomic mass is 9.99. The van der Waals surface area contributed by atoms with Gasteiger partial charge in [-0.15, -0.1) is 0 Å². The summed E-state index contributed by atoms with van der Waals surface area (Å²) in [5.74, 6) is -1.35. The maximum absolute atomic E-state index is 15.9. The molecule has 1 atom stereocenters. The van der Waals surface area contributed by atoms with Crippen LogP contribution < -0.4 is 15.8 Å². The van der Waals surface area contributed by atoms with Gasteiger partial charge in [0.2, 0.25) is 0 Å². The highest BCUT2D eigenvalue weighted by Gasteiger charge is 2.38. The van der Waals surface area contributed by atoms with Crippen LogP contribution in [0.15, 0.2) is 72.9 Å². The molecule has 0 aliphatic carbocycles. The van der Waals surface area contributed by atoms with Crippen LogP contribution >= 0.6 is 0 Å². The number of anilines is 2. The van der Waals surface area contributed by atoms with Gasteiger partial charge >= 0.3 is 12.1 Å². The predicted octanol–water partition coefficient (Wildman–Crippen LogP) is 6.55. The standard InChI is InChI=1S/C29H29FN6O.C2HF3O2/c1-4-18-15-23(25(30)24(16-18)37-5-2)26(29-34-28(35-36(29)3)19-9-7-6-8-10-19)33-21-11-12-22-20(17-21)13-14-32-27(22)31;3-2(4,5)1(6)7/h6-17,26,33H,4-5H2,1-3H3,(H2,31,32);(H,6,7). The normalized spacial score (nSPS) is 11.9. The van der Waals surface area contributed by atoms with Gasteiger partial charge in [-0.2, -0.15) is 18.3 Å². The van der Waals surface area contributed by atoms with Crippen molar-refractivity contribution in [3.8, 4) is 17.1 Å². The number of nitrogens with one attached hydrogen (secondary N) is 1. The van der Waals surface area contributed by atoms with Crippen LogP contribution in [0.1, 0.15) is 36.8 Å². The minimum Gasteiger partial charge on any atom is -0.491 e. The Labute approximate surface area is 250 Å². The number of ether oxygens (including phenoxy) is 1. The molecule has 3 aromatic carbocycles. The maximum atomic E-state index is 15.9. The molecule has 5 aromatic rings. The number of fused-ring (bicyclic) bond motifs is 1. The van der Waals surface area contributed by atoms with Gasteiger partial charge in [0.15, 0.2) is 23.2 Å². The van der Waals surface area contributed by atoms with Crippen LogP contribution in [0.4, 0.5) is 29.1 Å². The Morgan fingerprint density at radius 1 is 1.09 bits per heavy atom. The summed E-state index contributed by atoms with van der Waals surface area (Å²) < 4.78 is 55.0. The molecule has 0 saturated heterocycles. The number of carbonyl (C=O) groups is 1. The molecule has 4 N–H and O–H groups in total. The molecule has 0 radical (unpaired) electrons. The third-order valence-corrected chi connectivity index (χ3v) is 6.58. The molecule has 0 aliphatic rings. The average molecular weight is 611 g/mol. The number of aliphatic carboxylic acids is 1. The van der Waals surface area contributed by atoms with Crippen LogP contribution in [0.25, 0.3) is 22.2 Å². The van der Waals surface area contributed by atoms with Crippen molar-refractivity contribution in [1.82, 2.24) is 19.7 Å². The first kappa shape index (κ1) is 31.7. The van der Waals surface area contributed by atoms with Crippen molar-refractivity contribution in [3.05, 3.63) is 95.7 Å². The molecule has 0 spiro atoms. The van der Waals surface area contributed by atoms with Gasteiger partial charge in [0.25, 0.3) is 0 Å². The Morgan fingerprint density at radius 3 is 2.43 bits per heavy atom. The van der Waals surface area contributed by atoms with Gasteiger partial charge in [-0.1, -0.05) is 43.3 Å². The summed E-state index contributed by atoms with van der Waals surface area (Å²) in [6.45, 7) is 4.24. The lowest BCUT2D eigenvalue weighted by Crippen LogP contribution is -2.21. The lowest BCUT2D eigenvalue weighted by Gasteiger charge is -2.22. The zero-order valence-corrected chi connectivity index (χ0v) is 24.1. The van der Waals surface area contributed by atoms with Crippen LogP contribution in [0.2, 0.25) is 0 Å². The summed E-state index contributed by atoms with van der Waals surface area (Å²) in [6.07, 6.45) is -2.68. The van der Waals surface area contributed by atoms with Gasteiger partial charge in [0.1, 0.15) is 11.9 Å². The second kappa shape index (κ2) is 13.4. The molecule has 0 fully saturated rings. The number of benzene rings is 3. The molecular weight excluding hydrogens is 580 g/mol. The Hall–Kier alpha value is -5.20. The van der Waals surface area contributed by atoms with E-state index in [-0.39, 0.29) is 5.75 Å². The quantitative estimate of drug-likeness (QED) is 0.169.